The van der Waals surface area contributed by atoms with Gasteiger partial charge in [0.2, 0.25) is 5.91 Å². The standard InChI is InChI=1S/C17H17ClN2O3/c18-15-4-2-1-3-12(15)5-10-17(22)20-13-6-8-14(9-7-13)23-11-16(19)21/h1-4,6-9H,5,10-11H2,(H2,19,21)(H,20,22). The van der Waals surface area contributed by atoms with Crippen molar-refractivity contribution >= 4 is 29.1 Å². The van der Waals surface area contributed by atoms with Crippen molar-refractivity contribution in [2.75, 3.05) is 11.9 Å². The molecule has 0 heterocycles. The maximum absolute atomic E-state index is 12.0. The lowest BCUT2D eigenvalue weighted by molar-refractivity contribution is -0.120. The predicted molar refractivity (Wildman–Crippen MR) is 89.5 cm³/mol. The van der Waals surface area contributed by atoms with Crippen molar-refractivity contribution < 1.29 is 14.3 Å². The summed E-state index contributed by atoms with van der Waals surface area (Å²) < 4.78 is 5.14. The number of halogens is 1. The van der Waals surface area contributed by atoms with Gasteiger partial charge < -0.3 is 15.8 Å². The fraction of sp³-hybridized carbons (Fsp3) is 0.176. The maximum atomic E-state index is 12.0. The second-order valence-electron chi connectivity index (χ2n) is 4.92. The summed E-state index contributed by atoms with van der Waals surface area (Å²) in [5, 5.41) is 3.46. The van der Waals surface area contributed by atoms with E-state index in [0.29, 0.717) is 29.3 Å². The first-order valence-electron chi connectivity index (χ1n) is 7.09. The molecule has 0 spiro atoms. The number of nitrogens with one attached hydrogen (secondary N) is 1. The molecule has 0 fully saturated rings. The van der Waals surface area contributed by atoms with Crippen molar-refractivity contribution in [2.24, 2.45) is 5.73 Å². The van der Waals surface area contributed by atoms with Crippen LogP contribution in [0.4, 0.5) is 5.69 Å². The number of aryl methyl sites for hydroxylation is 1. The third kappa shape index (κ3) is 5.64. The van der Waals surface area contributed by atoms with Gasteiger partial charge in [0.15, 0.2) is 6.61 Å². The number of primary amides is 1. The van der Waals surface area contributed by atoms with E-state index in [2.05, 4.69) is 5.32 Å². The lowest BCUT2D eigenvalue weighted by atomic mass is 10.1. The van der Waals surface area contributed by atoms with Crippen LogP contribution in [0.25, 0.3) is 0 Å². The van der Waals surface area contributed by atoms with Crippen molar-refractivity contribution in [2.45, 2.75) is 12.8 Å². The first-order valence-corrected chi connectivity index (χ1v) is 7.47. The van der Waals surface area contributed by atoms with E-state index >= 15 is 0 Å². The lowest BCUT2D eigenvalue weighted by Crippen LogP contribution is -2.20. The molecule has 0 aromatic heterocycles. The van der Waals surface area contributed by atoms with E-state index in [4.69, 9.17) is 22.1 Å². The molecule has 2 aromatic carbocycles. The summed E-state index contributed by atoms with van der Waals surface area (Å²) in [5.74, 6) is -0.129. The number of ether oxygens (including phenoxy) is 1. The van der Waals surface area contributed by atoms with Gasteiger partial charge in [0.05, 0.1) is 0 Å². The van der Waals surface area contributed by atoms with Crippen LogP contribution in [-0.2, 0) is 16.0 Å². The van der Waals surface area contributed by atoms with Crippen LogP contribution in [-0.4, -0.2) is 18.4 Å². The van der Waals surface area contributed by atoms with Gasteiger partial charge in [-0.25, -0.2) is 0 Å². The largest absolute Gasteiger partial charge is 0.484 e. The van der Waals surface area contributed by atoms with E-state index in [0.717, 1.165) is 5.56 Å². The van der Waals surface area contributed by atoms with Crippen LogP contribution in [0.5, 0.6) is 5.75 Å². The minimum atomic E-state index is -0.540. The Labute approximate surface area is 139 Å². The molecule has 0 bridgehead atoms. The Morgan fingerprint density at radius 3 is 2.43 bits per heavy atom. The second-order valence-corrected chi connectivity index (χ2v) is 5.33. The average molecular weight is 333 g/mol. The van der Waals surface area contributed by atoms with Gasteiger partial charge in [-0.1, -0.05) is 29.8 Å². The number of carbonyl (C=O) groups excluding carboxylic acids is 2. The molecular weight excluding hydrogens is 316 g/mol. The summed E-state index contributed by atoms with van der Waals surface area (Å²) in [6, 6.07) is 14.2. The Hall–Kier alpha value is -2.53. The molecule has 120 valence electrons. The van der Waals surface area contributed by atoms with Crippen molar-refractivity contribution in [1.29, 1.82) is 0 Å². The van der Waals surface area contributed by atoms with Crippen LogP contribution >= 0.6 is 11.6 Å². The van der Waals surface area contributed by atoms with Crippen LogP contribution in [0.2, 0.25) is 5.02 Å². The number of rotatable bonds is 7. The van der Waals surface area contributed by atoms with Crippen molar-refractivity contribution in [3.05, 3.63) is 59.1 Å². The van der Waals surface area contributed by atoms with Crippen LogP contribution < -0.4 is 15.8 Å². The highest BCUT2D eigenvalue weighted by molar-refractivity contribution is 6.31. The van der Waals surface area contributed by atoms with E-state index in [-0.39, 0.29) is 12.5 Å². The molecule has 3 N–H and O–H groups in total. The molecule has 0 atom stereocenters. The predicted octanol–water partition coefficient (Wildman–Crippen LogP) is 2.78. The minimum absolute atomic E-state index is 0.101. The minimum Gasteiger partial charge on any atom is -0.484 e. The molecule has 2 amide bonds. The van der Waals surface area contributed by atoms with Gasteiger partial charge in [-0.3, -0.25) is 9.59 Å². The van der Waals surface area contributed by atoms with Crippen LogP contribution in [0, 0.1) is 0 Å². The zero-order valence-electron chi connectivity index (χ0n) is 12.4. The van der Waals surface area contributed by atoms with Gasteiger partial charge in [-0.2, -0.15) is 0 Å². The third-order valence-electron chi connectivity index (χ3n) is 3.10. The van der Waals surface area contributed by atoms with Gasteiger partial charge >= 0.3 is 0 Å². The molecule has 0 aliphatic rings. The molecule has 6 heteroatoms. The zero-order valence-corrected chi connectivity index (χ0v) is 13.2. The van der Waals surface area contributed by atoms with Gasteiger partial charge in [0, 0.05) is 17.1 Å². The van der Waals surface area contributed by atoms with E-state index in [1.165, 1.54) is 0 Å². The first-order chi connectivity index (χ1) is 11.0. The summed E-state index contributed by atoms with van der Waals surface area (Å²) in [4.78, 5) is 22.6. The number of hydrogen-bond acceptors (Lipinski definition) is 3. The fourth-order valence-electron chi connectivity index (χ4n) is 1.96. The molecule has 0 saturated heterocycles. The highest BCUT2D eigenvalue weighted by Gasteiger charge is 2.06. The number of nitrogens with two attached hydrogens (primary N) is 1. The highest BCUT2D eigenvalue weighted by atomic mass is 35.5. The van der Waals surface area contributed by atoms with Crippen LogP contribution in [0.3, 0.4) is 0 Å². The van der Waals surface area contributed by atoms with Gasteiger partial charge in [0.1, 0.15) is 5.75 Å². The molecule has 0 radical (unpaired) electrons. The van der Waals surface area contributed by atoms with Crippen molar-refractivity contribution in [1.82, 2.24) is 0 Å². The summed E-state index contributed by atoms with van der Waals surface area (Å²) in [6.45, 7) is -0.177. The number of anilines is 1. The van der Waals surface area contributed by atoms with Crippen molar-refractivity contribution in [3.63, 3.8) is 0 Å². The normalized spacial score (nSPS) is 10.1. The number of benzene rings is 2. The topological polar surface area (TPSA) is 81.4 Å². The smallest absolute Gasteiger partial charge is 0.255 e. The Morgan fingerprint density at radius 2 is 1.78 bits per heavy atom. The third-order valence-corrected chi connectivity index (χ3v) is 3.47. The fourth-order valence-corrected chi connectivity index (χ4v) is 2.19. The molecule has 0 aliphatic carbocycles. The molecule has 2 rings (SSSR count). The van der Waals surface area contributed by atoms with Crippen LogP contribution in [0.15, 0.2) is 48.5 Å². The molecule has 0 aliphatic heterocycles. The Bertz CT molecular complexity index is 686. The Morgan fingerprint density at radius 1 is 1.09 bits per heavy atom. The molecule has 0 unspecified atom stereocenters. The van der Waals surface area contributed by atoms with Gasteiger partial charge in [-0.15, -0.1) is 0 Å². The maximum Gasteiger partial charge on any atom is 0.255 e. The summed E-state index contributed by atoms with van der Waals surface area (Å²) >= 11 is 6.06. The Balaban J connectivity index is 1.83. The van der Waals surface area contributed by atoms with Gasteiger partial charge in [0.25, 0.3) is 5.91 Å². The van der Waals surface area contributed by atoms with E-state index in [1.807, 2.05) is 18.2 Å². The number of hydrogen-bond donors (Lipinski definition) is 2. The Kier molecular flexibility index (Phi) is 6.00. The average Bonchev–Trinajstić information content (AvgIpc) is 2.53. The molecule has 0 saturated carbocycles. The highest BCUT2D eigenvalue weighted by Crippen LogP contribution is 2.18. The second kappa shape index (κ2) is 8.19. The summed E-state index contributed by atoms with van der Waals surface area (Å²) in [6.07, 6.45) is 0.912. The van der Waals surface area contributed by atoms with Crippen molar-refractivity contribution in [3.8, 4) is 5.75 Å². The molecular formula is C17H17ClN2O3. The monoisotopic (exact) mass is 332 g/mol. The van der Waals surface area contributed by atoms with E-state index in [1.54, 1.807) is 30.3 Å². The van der Waals surface area contributed by atoms with Gasteiger partial charge in [-0.05, 0) is 42.3 Å². The zero-order chi connectivity index (χ0) is 16.7. The van der Waals surface area contributed by atoms with E-state index in [9.17, 15) is 9.59 Å². The van der Waals surface area contributed by atoms with E-state index < -0.39 is 5.91 Å². The first kappa shape index (κ1) is 16.8. The SMILES string of the molecule is NC(=O)COc1ccc(NC(=O)CCc2ccccc2Cl)cc1. The summed E-state index contributed by atoms with van der Waals surface area (Å²) in [5.41, 5.74) is 6.59. The molecule has 23 heavy (non-hydrogen) atoms. The van der Waals surface area contributed by atoms with Crippen LogP contribution in [0.1, 0.15) is 12.0 Å². The lowest BCUT2D eigenvalue weighted by Gasteiger charge is -2.08. The quantitative estimate of drug-likeness (QED) is 0.818. The molecule has 5 nitrogen and oxygen atoms in total. The summed E-state index contributed by atoms with van der Waals surface area (Å²) in [7, 11) is 0. The molecule has 2 aromatic rings. The number of amides is 2. The number of carbonyl (C=O) groups is 2.